The molecule has 25 heavy (non-hydrogen) atoms. The Hall–Kier alpha value is -3.14. The van der Waals surface area contributed by atoms with Gasteiger partial charge in [-0.1, -0.05) is 60.7 Å². The lowest BCUT2D eigenvalue weighted by atomic mass is 10.0. The lowest BCUT2D eigenvalue weighted by Crippen LogP contribution is -2.35. The highest BCUT2D eigenvalue weighted by Crippen LogP contribution is 2.18. The number of benzene rings is 3. The molecule has 0 aromatic heterocycles. The minimum atomic E-state index is -0.135. The normalized spacial score (nSPS) is 10.4. The van der Waals surface area contributed by atoms with E-state index in [0.29, 0.717) is 25.1 Å². The van der Waals surface area contributed by atoms with Gasteiger partial charge in [0.2, 0.25) is 5.91 Å². The summed E-state index contributed by atoms with van der Waals surface area (Å²) in [4.78, 5) is 24.0. The molecule has 0 atom stereocenters. The maximum absolute atomic E-state index is 12.1. The van der Waals surface area contributed by atoms with Crippen LogP contribution in [0.3, 0.4) is 0 Å². The minimum absolute atomic E-state index is 0.0506. The minimum Gasteiger partial charge on any atom is -0.354 e. The number of amides is 2. The van der Waals surface area contributed by atoms with Crippen molar-refractivity contribution in [3.05, 3.63) is 83.9 Å². The lowest BCUT2D eigenvalue weighted by molar-refractivity contribution is -0.120. The van der Waals surface area contributed by atoms with Gasteiger partial charge in [0.15, 0.2) is 0 Å². The average Bonchev–Trinajstić information content (AvgIpc) is 2.66. The second-order valence-electron chi connectivity index (χ2n) is 5.79. The van der Waals surface area contributed by atoms with Crippen molar-refractivity contribution in [2.45, 2.75) is 6.42 Å². The van der Waals surface area contributed by atoms with Crippen molar-refractivity contribution in [2.75, 3.05) is 13.1 Å². The van der Waals surface area contributed by atoms with Crippen molar-refractivity contribution in [1.82, 2.24) is 10.6 Å². The Morgan fingerprint density at radius 3 is 2.24 bits per heavy atom. The molecule has 2 amide bonds. The van der Waals surface area contributed by atoms with Gasteiger partial charge >= 0.3 is 0 Å². The first-order valence-electron chi connectivity index (χ1n) is 8.30. The molecule has 3 aromatic carbocycles. The number of rotatable bonds is 6. The summed E-state index contributed by atoms with van der Waals surface area (Å²) in [6, 6.07) is 23.0. The van der Waals surface area contributed by atoms with Crippen LogP contribution in [-0.2, 0) is 11.2 Å². The summed E-state index contributed by atoms with van der Waals surface area (Å²) in [5, 5.41) is 7.87. The predicted molar refractivity (Wildman–Crippen MR) is 99.4 cm³/mol. The third-order valence-corrected chi connectivity index (χ3v) is 4.00. The van der Waals surface area contributed by atoms with Crippen molar-refractivity contribution < 1.29 is 9.59 Å². The Labute approximate surface area is 146 Å². The number of hydrogen-bond donors (Lipinski definition) is 2. The van der Waals surface area contributed by atoms with Gasteiger partial charge in [0.1, 0.15) is 0 Å². The van der Waals surface area contributed by atoms with Crippen LogP contribution in [-0.4, -0.2) is 24.9 Å². The van der Waals surface area contributed by atoms with Crippen LogP contribution in [0.5, 0.6) is 0 Å². The van der Waals surface area contributed by atoms with E-state index in [-0.39, 0.29) is 11.8 Å². The summed E-state index contributed by atoms with van der Waals surface area (Å²) in [6.45, 7) is 0.803. The van der Waals surface area contributed by atoms with E-state index in [0.717, 1.165) is 16.3 Å². The predicted octanol–water partition coefficient (Wildman–Crippen LogP) is 2.93. The summed E-state index contributed by atoms with van der Waals surface area (Å²) in [5.74, 6) is -0.186. The largest absolute Gasteiger partial charge is 0.354 e. The fraction of sp³-hybridized carbons (Fsp3) is 0.143. The molecule has 0 spiro atoms. The molecule has 4 heteroatoms. The molecule has 0 aliphatic carbocycles. The molecular formula is C21H20N2O2. The van der Waals surface area contributed by atoms with Crippen LogP contribution in [0, 0.1) is 0 Å². The number of fused-ring (bicyclic) bond motifs is 1. The molecule has 0 fully saturated rings. The summed E-state index contributed by atoms with van der Waals surface area (Å²) in [6.07, 6.45) is 0.327. The van der Waals surface area contributed by atoms with Gasteiger partial charge < -0.3 is 10.6 Å². The van der Waals surface area contributed by atoms with Gasteiger partial charge in [-0.15, -0.1) is 0 Å². The molecule has 0 heterocycles. The van der Waals surface area contributed by atoms with E-state index >= 15 is 0 Å². The molecule has 0 aliphatic rings. The van der Waals surface area contributed by atoms with E-state index < -0.39 is 0 Å². The zero-order chi connectivity index (χ0) is 17.5. The molecule has 0 radical (unpaired) electrons. The Kier molecular flexibility index (Phi) is 5.42. The third-order valence-electron chi connectivity index (χ3n) is 4.00. The number of hydrogen-bond acceptors (Lipinski definition) is 2. The van der Waals surface area contributed by atoms with Crippen molar-refractivity contribution in [3.63, 3.8) is 0 Å². The third kappa shape index (κ3) is 4.44. The standard InChI is InChI=1S/C21H20N2O2/c24-20(15-18-11-6-10-16-7-4-5-12-19(16)18)22-13-14-23-21(25)17-8-2-1-3-9-17/h1-12H,13-15H2,(H,22,24)(H,23,25). The molecule has 0 aliphatic heterocycles. The van der Waals surface area contributed by atoms with Crippen molar-refractivity contribution in [1.29, 1.82) is 0 Å². The second-order valence-corrected chi connectivity index (χ2v) is 5.79. The average molecular weight is 332 g/mol. The molecule has 126 valence electrons. The van der Waals surface area contributed by atoms with Gasteiger partial charge in [-0.25, -0.2) is 0 Å². The smallest absolute Gasteiger partial charge is 0.251 e. The van der Waals surface area contributed by atoms with Crippen molar-refractivity contribution >= 4 is 22.6 Å². The fourth-order valence-corrected chi connectivity index (χ4v) is 2.75. The van der Waals surface area contributed by atoms with E-state index in [1.165, 1.54) is 0 Å². The molecular weight excluding hydrogens is 312 g/mol. The SMILES string of the molecule is O=C(Cc1cccc2ccccc12)NCCNC(=O)c1ccccc1. The molecule has 2 N–H and O–H groups in total. The highest BCUT2D eigenvalue weighted by molar-refractivity contribution is 5.94. The van der Waals surface area contributed by atoms with Gasteiger partial charge in [-0.3, -0.25) is 9.59 Å². The maximum atomic E-state index is 12.1. The van der Waals surface area contributed by atoms with Crippen molar-refractivity contribution in [2.24, 2.45) is 0 Å². The van der Waals surface area contributed by atoms with Gasteiger partial charge in [0.05, 0.1) is 6.42 Å². The van der Waals surface area contributed by atoms with Crippen LogP contribution in [0.4, 0.5) is 0 Å². The van der Waals surface area contributed by atoms with Gasteiger partial charge in [0.25, 0.3) is 5.91 Å². The maximum Gasteiger partial charge on any atom is 0.251 e. The van der Waals surface area contributed by atoms with Gasteiger partial charge in [0, 0.05) is 18.7 Å². The first kappa shape index (κ1) is 16.7. The highest BCUT2D eigenvalue weighted by atomic mass is 16.2. The van der Waals surface area contributed by atoms with Crippen LogP contribution in [0.1, 0.15) is 15.9 Å². The number of nitrogens with one attached hydrogen (secondary N) is 2. The van der Waals surface area contributed by atoms with E-state index in [4.69, 9.17) is 0 Å². The Morgan fingerprint density at radius 2 is 1.40 bits per heavy atom. The molecule has 3 aromatic rings. The van der Waals surface area contributed by atoms with E-state index in [9.17, 15) is 9.59 Å². The highest BCUT2D eigenvalue weighted by Gasteiger charge is 2.07. The van der Waals surface area contributed by atoms with Crippen LogP contribution in [0.2, 0.25) is 0 Å². The second kappa shape index (κ2) is 8.11. The van der Waals surface area contributed by atoms with E-state index in [2.05, 4.69) is 10.6 Å². The summed E-state index contributed by atoms with van der Waals surface area (Å²) in [7, 11) is 0. The van der Waals surface area contributed by atoms with Crippen LogP contribution >= 0.6 is 0 Å². The summed E-state index contributed by atoms with van der Waals surface area (Å²) in [5.41, 5.74) is 1.62. The quantitative estimate of drug-likeness (QED) is 0.682. The molecule has 4 nitrogen and oxygen atoms in total. The topological polar surface area (TPSA) is 58.2 Å². The van der Waals surface area contributed by atoms with Crippen LogP contribution < -0.4 is 10.6 Å². The first-order valence-corrected chi connectivity index (χ1v) is 8.30. The molecule has 0 saturated heterocycles. The van der Waals surface area contributed by atoms with E-state index in [1.807, 2.05) is 60.7 Å². The molecule has 0 bridgehead atoms. The first-order chi connectivity index (χ1) is 12.2. The van der Waals surface area contributed by atoms with Crippen molar-refractivity contribution in [3.8, 4) is 0 Å². The monoisotopic (exact) mass is 332 g/mol. The fourth-order valence-electron chi connectivity index (χ4n) is 2.75. The van der Waals surface area contributed by atoms with Gasteiger partial charge in [-0.05, 0) is 28.5 Å². The van der Waals surface area contributed by atoms with Crippen LogP contribution in [0.25, 0.3) is 10.8 Å². The molecule has 3 rings (SSSR count). The Morgan fingerprint density at radius 1 is 0.720 bits per heavy atom. The van der Waals surface area contributed by atoms with E-state index in [1.54, 1.807) is 12.1 Å². The van der Waals surface area contributed by atoms with Crippen LogP contribution in [0.15, 0.2) is 72.8 Å². The lowest BCUT2D eigenvalue weighted by Gasteiger charge is -2.09. The Bertz CT molecular complexity index is 870. The summed E-state index contributed by atoms with van der Waals surface area (Å²) < 4.78 is 0. The van der Waals surface area contributed by atoms with Gasteiger partial charge in [-0.2, -0.15) is 0 Å². The number of carbonyl (C=O) groups is 2. The molecule has 0 unspecified atom stereocenters. The molecule has 0 saturated carbocycles. The number of carbonyl (C=O) groups excluding carboxylic acids is 2. The summed E-state index contributed by atoms with van der Waals surface area (Å²) >= 11 is 0. The zero-order valence-electron chi connectivity index (χ0n) is 13.9. The Balaban J connectivity index is 1.47. The zero-order valence-corrected chi connectivity index (χ0v) is 13.9.